The predicted molar refractivity (Wildman–Crippen MR) is 167 cm³/mol. The molecular formula is C34H38ClNO5S. The van der Waals surface area contributed by atoms with Gasteiger partial charge < -0.3 is 19.9 Å². The summed E-state index contributed by atoms with van der Waals surface area (Å²) in [5.74, 6) is 1.30. The van der Waals surface area contributed by atoms with Crippen molar-refractivity contribution in [3.05, 3.63) is 88.4 Å². The third kappa shape index (κ3) is 7.95. The zero-order valence-corrected chi connectivity index (χ0v) is 25.5. The minimum atomic E-state index is -1.09. The number of aliphatic hydroxyl groups excluding tert-OH is 1. The fraction of sp³-hybridized carbons (Fsp3) is 0.412. The van der Waals surface area contributed by atoms with Crippen molar-refractivity contribution in [2.24, 2.45) is 5.92 Å². The van der Waals surface area contributed by atoms with Crippen LogP contribution in [0.25, 0.3) is 0 Å². The zero-order chi connectivity index (χ0) is 29.5. The molecule has 6 nitrogen and oxygen atoms in total. The van der Waals surface area contributed by atoms with Gasteiger partial charge in [0, 0.05) is 33.7 Å². The van der Waals surface area contributed by atoms with Crippen molar-refractivity contribution >= 4 is 40.7 Å². The zero-order valence-electron chi connectivity index (χ0n) is 23.9. The van der Waals surface area contributed by atoms with Crippen LogP contribution in [0.3, 0.4) is 0 Å². The maximum atomic E-state index is 13.0. The molecule has 2 unspecified atom stereocenters. The Morgan fingerprint density at radius 1 is 1.05 bits per heavy atom. The number of ether oxygens (including phenoxy) is 2. The molecule has 3 aromatic carbocycles. The number of carbonyl (C=O) groups is 2. The molecule has 0 bridgehead atoms. The Kier molecular flexibility index (Phi) is 10.6. The predicted octanol–water partition coefficient (Wildman–Crippen LogP) is 7.40. The van der Waals surface area contributed by atoms with Crippen molar-refractivity contribution < 1.29 is 24.2 Å². The second kappa shape index (κ2) is 14.6. The number of carbonyl (C=O) groups excluding carboxylic acids is 2. The van der Waals surface area contributed by atoms with Crippen LogP contribution in [0.5, 0.6) is 5.75 Å². The molecule has 8 heteroatoms. The first kappa shape index (κ1) is 30.6. The van der Waals surface area contributed by atoms with E-state index in [1.54, 1.807) is 23.9 Å². The Balaban J connectivity index is 1.19. The summed E-state index contributed by atoms with van der Waals surface area (Å²) in [7, 11) is 0. The van der Waals surface area contributed by atoms with Gasteiger partial charge in [0.05, 0.1) is 12.7 Å². The quantitative estimate of drug-likeness (QED) is 0.234. The highest BCUT2D eigenvalue weighted by molar-refractivity contribution is 7.99. The van der Waals surface area contributed by atoms with Gasteiger partial charge in [-0.05, 0) is 85.3 Å². The van der Waals surface area contributed by atoms with Gasteiger partial charge in [-0.1, -0.05) is 55.1 Å². The molecule has 2 fully saturated rings. The van der Waals surface area contributed by atoms with E-state index in [1.165, 1.54) is 6.42 Å². The normalized spacial score (nSPS) is 21.2. The second-order valence-electron chi connectivity index (χ2n) is 11.1. The number of anilines is 1. The molecule has 2 aliphatic rings. The SMILES string of the molecule is CCOc1ccc(Cc2cc([C@@H]3OC(CSc4ccc(NC(=O)C5CCCCC5)cc4)CC(O)C3=O)ccc2Cl)cc1. The van der Waals surface area contributed by atoms with E-state index in [0.717, 1.165) is 53.1 Å². The van der Waals surface area contributed by atoms with Crippen molar-refractivity contribution in [3.8, 4) is 5.75 Å². The maximum Gasteiger partial charge on any atom is 0.227 e. The number of aliphatic hydroxyl groups is 1. The first-order valence-corrected chi connectivity index (χ1v) is 16.2. The summed E-state index contributed by atoms with van der Waals surface area (Å²) in [5.41, 5.74) is 3.45. The lowest BCUT2D eigenvalue weighted by Gasteiger charge is -2.32. The van der Waals surface area contributed by atoms with E-state index in [-0.39, 0.29) is 30.1 Å². The topological polar surface area (TPSA) is 84.9 Å². The monoisotopic (exact) mass is 607 g/mol. The number of ketones is 1. The number of rotatable bonds is 10. The molecule has 0 aromatic heterocycles. The fourth-order valence-electron chi connectivity index (χ4n) is 5.62. The van der Waals surface area contributed by atoms with E-state index in [2.05, 4.69) is 5.32 Å². The summed E-state index contributed by atoms with van der Waals surface area (Å²) in [5, 5.41) is 14.3. The number of amides is 1. The van der Waals surface area contributed by atoms with Gasteiger partial charge in [0.2, 0.25) is 5.91 Å². The number of thioether (sulfide) groups is 1. The van der Waals surface area contributed by atoms with E-state index in [1.807, 2.05) is 61.5 Å². The molecule has 2 N–H and O–H groups in total. The largest absolute Gasteiger partial charge is 0.494 e. The molecule has 1 aliphatic heterocycles. The average molecular weight is 608 g/mol. The van der Waals surface area contributed by atoms with Crippen molar-refractivity contribution in [2.75, 3.05) is 17.7 Å². The Morgan fingerprint density at radius 2 is 1.79 bits per heavy atom. The summed E-state index contributed by atoms with van der Waals surface area (Å²) in [6, 6.07) is 21.2. The van der Waals surface area contributed by atoms with Crippen LogP contribution in [-0.4, -0.2) is 41.4 Å². The Bertz CT molecular complexity index is 1360. The molecule has 3 atom stereocenters. The minimum absolute atomic E-state index is 0.111. The molecule has 0 radical (unpaired) electrons. The molecule has 1 aliphatic carbocycles. The van der Waals surface area contributed by atoms with Gasteiger partial charge in [-0.2, -0.15) is 0 Å². The van der Waals surface area contributed by atoms with Gasteiger partial charge in [-0.3, -0.25) is 9.59 Å². The molecular weight excluding hydrogens is 570 g/mol. The van der Waals surface area contributed by atoms with E-state index in [9.17, 15) is 14.7 Å². The summed E-state index contributed by atoms with van der Waals surface area (Å²) in [6.45, 7) is 2.56. The molecule has 1 saturated carbocycles. The highest BCUT2D eigenvalue weighted by Gasteiger charge is 2.37. The third-order valence-corrected chi connectivity index (χ3v) is 9.45. The Morgan fingerprint density at radius 3 is 2.50 bits per heavy atom. The molecule has 1 saturated heterocycles. The molecule has 5 rings (SSSR count). The van der Waals surface area contributed by atoms with Crippen LogP contribution in [0.2, 0.25) is 5.02 Å². The first-order valence-electron chi connectivity index (χ1n) is 14.8. The lowest BCUT2D eigenvalue weighted by Crippen LogP contribution is -2.41. The summed E-state index contributed by atoms with van der Waals surface area (Å²) in [4.78, 5) is 26.6. The second-order valence-corrected chi connectivity index (χ2v) is 12.6. The van der Waals surface area contributed by atoms with Crippen LogP contribution >= 0.6 is 23.4 Å². The van der Waals surface area contributed by atoms with Gasteiger partial charge in [0.15, 0.2) is 5.78 Å². The summed E-state index contributed by atoms with van der Waals surface area (Å²) >= 11 is 8.13. The number of hydrogen-bond acceptors (Lipinski definition) is 6. The summed E-state index contributed by atoms with van der Waals surface area (Å²) in [6.07, 6.45) is 4.02. The molecule has 222 valence electrons. The number of nitrogens with one attached hydrogen (secondary N) is 1. The molecule has 0 spiro atoms. The van der Waals surface area contributed by atoms with Gasteiger partial charge in [0.25, 0.3) is 0 Å². The van der Waals surface area contributed by atoms with E-state index < -0.39 is 12.2 Å². The number of halogens is 1. The highest BCUT2D eigenvalue weighted by Crippen LogP contribution is 2.34. The molecule has 1 amide bonds. The summed E-state index contributed by atoms with van der Waals surface area (Å²) < 4.78 is 11.8. The van der Waals surface area contributed by atoms with Crippen molar-refractivity contribution in [1.29, 1.82) is 0 Å². The highest BCUT2D eigenvalue weighted by atomic mass is 35.5. The van der Waals surface area contributed by atoms with E-state index in [0.29, 0.717) is 29.4 Å². The van der Waals surface area contributed by atoms with Crippen molar-refractivity contribution in [1.82, 2.24) is 0 Å². The van der Waals surface area contributed by atoms with Gasteiger partial charge in [-0.25, -0.2) is 0 Å². The fourth-order valence-corrected chi connectivity index (χ4v) is 6.73. The third-order valence-electron chi connectivity index (χ3n) is 7.94. The van der Waals surface area contributed by atoms with E-state index in [4.69, 9.17) is 21.1 Å². The van der Waals surface area contributed by atoms with Crippen LogP contribution < -0.4 is 10.1 Å². The van der Waals surface area contributed by atoms with Gasteiger partial charge in [0.1, 0.15) is 18.0 Å². The number of benzene rings is 3. The molecule has 1 heterocycles. The molecule has 3 aromatic rings. The number of Topliss-reactive ketones (excluding diaryl/α,β-unsaturated/α-hetero) is 1. The lowest BCUT2D eigenvalue weighted by atomic mass is 9.88. The average Bonchev–Trinajstić information content (AvgIpc) is 3.01. The van der Waals surface area contributed by atoms with Crippen LogP contribution in [0, 0.1) is 5.92 Å². The van der Waals surface area contributed by atoms with Crippen LogP contribution in [0.4, 0.5) is 5.69 Å². The molecule has 42 heavy (non-hydrogen) atoms. The van der Waals surface area contributed by atoms with Crippen LogP contribution in [0.15, 0.2) is 71.6 Å². The Hall–Kier alpha value is -2.84. The number of hydrogen-bond donors (Lipinski definition) is 2. The smallest absolute Gasteiger partial charge is 0.227 e. The Labute approximate surface area is 257 Å². The van der Waals surface area contributed by atoms with Crippen molar-refractivity contribution in [3.63, 3.8) is 0 Å². The van der Waals surface area contributed by atoms with Gasteiger partial charge in [-0.15, -0.1) is 11.8 Å². The van der Waals surface area contributed by atoms with Crippen LogP contribution in [-0.2, 0) is 20.7 Å². The lowest BCUT2D eigenvalue weighted by molar-refractivity contribution is -0.155. The minimum Gasteiger partial charge on any atom is -0.494 e. The van der Waals surface area contributed by atoms with E-state index >= 15 is 0 Å². The first-order chi connectivity index (χ1) is 20.4. The van der Waals surface area contributed by atoms with Gasteiger partial charge >= 0.3 is 0 Å². The van der Waals surface area contributed by atoms with Crippen molar-refractivity contribution in [2.45, 2.75) is 75.1 Å². The standard InChI is InChI=1S/C34H38ClNO5S/c1-2-40-27-13-8-22(9-14-27)18-25-19-24(10-17-30(25)35)33-32(38)31(37)20-28(41-33)21-42-29-15-11-26(12-16-29)36-34(39)23-6-4-3-5-7-23/h8-17,19,23,28,31,33,37H,2-7,18,20-21H2,1H3,(H,36,39)/t28?,31?,33-/m0/s1. The van der Waals surface area contributed by atoms with Crippen LogP contribution in [0.1, 0.15) is 68.2 Å². The maximum absolute atomic E-state index is 13.0.